The van der Waals surface area contributed by atoms with Gasteiger partial charge in [0.1, 0.15) is 0 Å². The zero-order chi connectivity index (χ0) is 12.0. The smallest absolute Gasteiger partial charge is 0.0320 e. The number of hydrogen-bond acceptors (Lipinski definition) is 0. The van der Waals surface area contributed by atoms with Crippen molar-refractivity contribution in [2.75, 3.05) is 0 Å². The monoisotopic (exact) mass is 196 g/mol. The maximum atomic E-state index is 3.71. The molecule has 0 saturated heterocycles. The van der Waals surface area contributed by atoms with E-state index < -0.39 is 0 Å². The first-order valence-electron chi connectivity index (χ1n) is 5.49. The predicted octanol–water partition coefficient (Wildman–Crippen LogP) is 5.53. The largest absolute Gasteiger partial charge is 0.103 e. The van der Waals surface area contributed by atoms with Crippen LogP contribution in [-0.4, -0.2) is 0 Å². The van der Waals surface area contributed by atoms with E-state index in [0.717, 1.165) is 0 Å². The molecule has 0 aromatic heterocycles. The highest BCUT2D eigenvalue weighted by molar-refractivity contribution is 5.19. The quantitative estimate of drug-likeness (QED) is 0.411. The SMILES string of the molecule is C=C/C(C)=C(\C)CCC.C=CC.CC. The molecule has 0 aromatic carbocycles. The average molecular weight is 196 g/mol. The summed E-state index contributed by atoms with van der Waals surface area (Å²) in [5, 5.41) is 0. The van der Waals surface area contributed by atoms with Crippen molar-refractivity contribution in [3.8, 4) is 0 Å². The standard InChI is InChI=1S/C9H16.C3H6.C2H6/c1-5-7-9(4)8(3)6-2;1-3-2;1-2/h6H,2,5,7H2,1,3-4H3;3H,1H2,2H3;1-2H3/b9-8+;;. The van der Waals surface area contributed by atoms with Crippen molar-refractivity contribution in [2.24, 2.45) is 0 Å². The van der Waals surface area contributed by atoms with Gasteiger partial charge in [-0.3, -0.25) is 0 Å². The van der Waals surface area contributed by atoms with Gasteiger partial charge in [0.25, 0.3) is 0 Å². The minimum absolute atomic E-state index is 1.21. The molecule has 14 heavy (non-hydrogen) atoms. The number of rotatable bonds is 3. The number of hydrogen-bond donors (Lipinski definition) is 0. The summed E-state index contributed by atoms with van der Waals surface area (Å²) in [5.74, 6) is 0. The molecule has 84 valence electrons. The molecule has 0 amide bonds. The van der Waals surface area contributed by atoms with E-state index in [1.165, 1.54) is 24.0 Å². The maximum absolute atomic E-state index is 3.71. The average Bonchev–Trinajstić information content (AvgIpc) is 2.21. The Morgan fingerprint density at radius 1 is 1.14 bits per heavy atom. The molecule has 0 fully saturated rings. The predicted molar refractivity (Wildman–Crippen MR) is 70.7 cm³/mol. The molecule has 0 bridgehead atoms. The lowest BCUT2D eigenvalue weighted by Gasteiger charge is -1.99. The Kier molecular flexibility index (Phi) is 24.4. The summed E-state index contributed by atoms with van der Waals surface area (Å²) in [6, 6.07) is 0. The second-order valence-electron chi connectivity index (χ2n) is 2.83. The highest BCUT2D eigenvalue weighted by Crippen LogP contribution is 2.09. The Morgan fingerprint density at radius 3 is 1.71 bits per heavy atom. The van der Waals surface area contributed by atoms with E-state index in [9.17, 15) is 0 Å². The van der Waals surface area contributed by atoms with Gasteiger partial charge in [0.15, 0.2) is 0 Å². The van der Waals surface area contributed by atoms with Crippen LogP contribution in [0.15, 0.2) is 36.5 Å². The third-order valence-corrected chi connectivity index (χ3v) is 1.60. The van der Waals surface area contributed by atoms with Crippen LogP contribution in [0.3, 0.4) is 0 Å². The third kappa shape index (κ3) is 17.3. The molecule has 0 rings (SSSR count). The Bertz CT molecular complexity index is 149. The Hall–Kier alpha value is -0.780. The van der Waals surface area contributed by atoms with Crippen molar-refractivity contribution in [3.63, 3.8) is 0 Å². The second-order valence-corrected chi connectivity index (χ2v) is 2.83. The molecule has 0 aromatic rings. The van der Waals surface area contributed by atoms with Gasteiger partial charge in [-0.25, -0.2) is 0 Å². The first kappa shape index (κ1) is 18.9. The minimum atomic E-state index is 1.21. The van der Waals surface area contributed by atoms with E-state index in [2.05, 4.69) is 33.9 Å². The zero-order valence-corrected chi connectivity index (χ0v) is 11.0. The molecule has 0 nitrogen and oxygen atoms in total. The van der Waals surface area contributed by atoms with E-state index in [-0.39, 0.29) is 0 Å². The minimum Gasteiger partial charge on any atom is -0.103 e. The maximum Gasteiger partial charge on any atom is -0.0320 e. The molecule has 0 unspecified atom stereocenters. The Morgan fingerprint density at radius 2 is 1.50 bits per heavy atom. The van der Waals surface area contributed by atoms with Crippen LogP contribution >= 0.6 is 0 Å². The Balaban J connectivity index is -0.000000205. The second kappa shape index (κ2) is 18.1. The summed E-state index contributed by atoms with van der Waals surface area (Å²) in [6.45, 7) is 19.4. The van der Waals surface area contributed by atoms with Gasteiger partial charge in [0.05, 0.1) is 0 Å². The van der Waals surface area contributed by atoms with Crippen LogP contribution in [0.4, 0.5) is 0 Å². The molecule has 0 heteroatoms. The van der Waals surface area contributed by atoms with Crippen LogP contribution in [0, 0.1) is 0 Å². The summed E-state index contributed by atoms with van der Waals surface area (Å²) in [7, 11) is 0. The normalized spacial score (nSPS) is 9.57. The lowest BCUT2D eigenvalue weighted by Crippen LogP contribution is -1.78. The van der Waals surface area contributed by atoms with E-state index in [1.807, 2.05) is 26.8 Å². The van der Waals surface area contributed by atoms with Gasteiger partial charge in [0.2, 0.25) is 0 Å². The van der Waals surface area contributed by atoms with Crippen molar-refractivity contribution in [1.82, 2.24) is 0 Å². The van der Waals surface area contributed by atoms with Gasteiger partial charge in [-0.2, -0.15) is 0 Å². The van der Waals surface area contributed by atoms with Crippen LogP contribution in [0.1, 0.15) is 54.4 Å². The van der Waals surface area contributed by atoms with Crippen LogP contribution in [-0.2, 0) is 0 Å². The van der Waals surface area contributed by atoms with Crippen LogP contribution in [0.25, 0.3) is 0 Å². The van der Waals surface area contributed by atoms with Crippen molar-refractivity contribution in [3.05, 3.63) is 36.5 Å². The third-order valence-electron chi connectivity index (χ3n) is 1.60. The van der Waals surface area contributed by atoms with Gasteiger partial charge in [-0.05, 0) is 27.2 Å². The lowest BCUT2D eigenvalue weighted by molar-refractivity contribution is 0.895. The van der Waals surface area contributed by atoms with Gasteiger partial charge < -0.3 is 0 Å². The fourth-order valence-corrected chi connectivity index (χ4v) is 0.746. The van der Waals surface area contributed by atoms with Crippen LogP contribution < -0.4 is 0 Å². The molecule has 0 heterocycles. The fourth-order valence-electron chi connectivity index (χ4n) is 0.746. The molecule has 0 aliphatic rings. The number of allylic oxidation sites excluding steroid dienone is 4. The van der Waals surface area contributed by atoms with Crippen molar-refractivity contribution >= 4 is 0 Å². The lowest BCUT2D eigenvalue weighted by atomic mass is 10.1. The molecule has 0 spiro atoms. The molecule has 0 aliphatic heterocycles. The van der Waals surface area contributed by atoms with Crippen molar-refractivity contribution < 1.29 is 0 Å². The highest BCUT2D eigenvalue weighted by Gasteiger charge is 1.89. The first-order valence-corrected chi connectivity index (χ1v) is 5.49. The van der Waals surface area contributed by atoms with Crippen LogP contribution in [0.2, 0.25) is 0 Å². The van der Waals surface area contributed by atoms with Crippen LogP contribution in [0.5, 0.6) is 0 Å². The van der Waals surface area contributed by atoms with Crippen molar-refractivity contribution in [2.45, 2.75) is 54.4 Å². The van der Waals surface area contributed by atoms with Gasteiger partial charge in [0, 0.05) is 0 Å². The van der Waals surface area contributed by atoms with Gasteiger partial charge >= 0.3 is 0 Å². The molecular formula is C14H28. The Labute approximate surface area is 91.4 Å². The first-order chi connectivity index (χ1) is 6.63. The molecule has 0 N–H and O–H groups in total. The molecular weight excluding hydrogens is 168 g/mol. The highest BCUT2D eigenvalue weighted by atomic mass is 14.0. The summed E-state index contributed by atoms with van der Waals surface area (Å²) in [6.07, 6.45) is 6.11. The topological polar surface area (TPSA) is 0 Å². The summed E-state index contributed by atoms with van der Waals surface area (Å²) in [4.78, 5) is 0. The van der Waals surface area contributed by atoms with E-state index >= 15 is 0 Å². The summed E-state index contributed by atoms with van der Waals surface area (Å²) < 4.78 is 0. The fraction of sp³-hybridized carbons (Fsp3) is 0.571. The summed E-state index contributed by atoms with van der Waals surface area (Å²) in [5.41, 5.74) is 2.80. The van der Waals surface area contributed by atoms with Gasteiger partial charge in [-0.1, -0.05) is 57.1 Å². The molecule has 0 atom stereocenters. The molecule has 0 aliphatic carbocycles. The van der Waals surface area contributed by atoms with Gasteiger partial charge in [-0.15, -0.1) is 6.58 Å². The summed E-state index contributed by atoms with van der Waals surface area (Å²) >= 11 is 0. The zero-order valence-electron chi connectivity index (χ0n) is 11.0. The molecule has 0 radical (unpaired) electrons. The van der Waals surface area contributed by atoms with E-state index in [4.69, 9.17) is 0 Å². The molecule has 0 saturated carbocycles. The van der Waals surface area contributed by atoms with Crippen molar-refractivity contribution in [1.29, 1.82) is 0 Å². The van der Waals surface area contributed by atoms with E-state index in [1.54, 1.807) is 6.08 Å². The van der Waals surface area contributed by atoms with E-state index in [0.29, 0.717) is 0 Å².